The number of hydrogen-bond donors (Lipinski definition) is 2. The number of carbonyl (C=O) groups is 1. The third-order valence-electron chi connectivity index (χ3n) is 1.30. The minimum Gasteiger partial charge on any atom is -0.481 e. The molecule has 1 atom stereocenters. The quantitative estimate of drug-likeness (QED) is 0.585. The van der Waals surface area contributed by atoms with Crippen LogP contribution in [0.2, 0.25) is 0 Å². The number of aliphatic hydroxyl groups is 1. The summed E-state index contributed by atoms with van der Waals surface area (Å²) in [5, 5.41) is 16.7. The van der Waals surface area contributed by atoms with E-state index in [0.29, 0.717) is 0 Å². The molecule has 0 fully saturated rings. The fourth-order valence-electron chi connectivity index (χ4n) is 0.585. The minimum atomic E-state index is -0.837. The fourth-order valence-corrected chi connectivity index (χ4v) is 0.585. The first-order chi connectivity index (χ1) is 4.20. The Labute approximate surface area is 54.3 Å². The van der Waals surface area contributed by atoms with Crippen LogP contribution in [0, 0.1) is 5.92 Å². The van der Waals surface area contributed by atoms with Gasteiger partial charge in [0.1, 0.15) is 0 Å². The van der Waals surface area contributed by atoms with Crippen molar-refractivity contribution in [1.29, 1.82) is 0 Å². The van der Waals surface area contributed by atoms with Crippen molar-refractivity contribution in [2.45, 2.75) is 19.8 Å². The lowest BCUT2D eigenvalue weighted by molar-refractivity contribution is -0.138. The summed E-state index contributed by atoms with van der Waals surface area (Å²) in [5.41, 5.74) is 0. The molecule has 0 spiro atoms. The van der Waals surface area contributed by atoms with Crippen LogP contribution in [0.25, 0.3) is 0 Å². The van der Waals surface area contributed by atoms with Gasteiger partial charge in [0, 0.05) is 6.61 Å². The number of aliphatic carboxylic acids is 1. The van der Waals surface area contributed by atoms with Gasteiger partial charge < -0.3 is 10.2 Å². The maximum absolute atomic E-state index is 10.0. The number of carboxylic acid groups (broad SMARTS) is 1. The predicted molar refractivity (Wildman–Crippen MR) is 33.1 cm³/mol. The Hall–Kier alpha value is -0.570. The Bertz CT molecular complexity index is 86.3. The van der Waals surface area contributed by atoms with E-state index in [1.807, 2.05) is 6.92 Å². The topological polar surface area (TPSA) is 57.5 Å². The molecule has 0 aromatic rings. The molecule has 0 rings (SSSR count). The lowest BCUT2D eigenvalue weighted by Crippen LogP contribution is -2.10. The summed E-state index contributed by atoms with van der Waals surface area (Å²) in [6, 6.07) is 0. The zero-order chi connectivity index (χ0) is 7.28. The molecule has 0 aromatic carbocycles. The van der Waals surface area contributed by atoms with Gasteiger partial charge in [-0.05, 0) is 5.92 Å². The standard InChI is InChI=1S/C6H12O3/c1-2-5(4-7)3-6(8)9/h5,7H,2-4H2,1H3,(H,8,9). The molecule has 0 aromatic heterocycles. The number of aliphatic hydroxyl groups excluding tert-OH is 1. The highest BCUT2D eigenvalue weighted by Crippen LogP contribution is 2.05. The maximum Gasteiger partial charge on any atom is 0.303 e. The van der Waals surface area contributed by atoms with E-state index >= 15 is 0 Å². The summed E-state index contributed by atoms with van der Waals surface area (Å²) in [6.45, 7) is 1.84. The third kappa shape index (κ3) is 3.97. The average molecular weight is 132 g/mol. The molecule has 0 aliphatic carbocycles. The van der Waals surface area contributed by atoms with Crippen LogP contribution in [0.3, 0.4) is 0 Å². The second-order valence-corrected chi connectivity index (χ2v) is 2.05. The van der Waals surface area contributed by atoms with Crippen LogP contribution in [0.15, 0.2) is 0 Å². The summed E-state index contributed by atoms with van der Waals surface area (Å²) in [4.78, 5) is 10.0. The van der Waals surface area contributed by atoms with Crippen LogP contribution in [-0.4, -0.2) is 22.8 Å². The van der Waals surface area contributed by atoms with Crippen LogP contribution < -0.4 is 0 Å². The van der Waals surface area contributed by atoms with Crippen molar-refractivity contribution in [2.75, 3.05) is 6.61 Å². The SMILES string of the molecule is CCC(CO)CC(=O)O. The molecule has 54 valence electrons. The first-order valence-corrected chi connectivity index (χ1v) is 3.03. The molecular formula is C6H12O3. The molecular weight excluding hydrogens is 120 g/mol. The van der Waals surface area contributed by atoms with Gasteiger partial charge in [-0.15, -0.1) is 0 Å². The summed E-state index contributed by atoms with van der Waals surface area (Å²) >= 11 is 0. The maximum atomic E-state index is 10.0. The molecule has 0 radical (unpaired) electrons. The molecule has 0 amide bonds. The highest BCUT2D eigenvalue weighted by Gasteiger charge is 2.08. The van der Waals surface area contributed by atoms with Gasteiger partial charge in [0.05, 0.1) is 6.42 Å². The zero-order valence-corrected chi connectivity index (χ0v) is 5.50. The fraction of sp³-hybridized carbons (Fsp3) is 0.833. The van der Waals surface area contributed by atoms with E-state index in [9.17, 15) is 4.79 Å². The van der Waals surface area contributed by atoms with Gasteiger partial charge in [0.15, 0.2) is 0 Å². The van der Waals surface area contributed by atoms with Gasteiger partial charge in [-0.1, -0.05) is 13.3 Å². The molecule has 0 saturated carbocycles. The van der Waals surface area contributed by atoms with E-state index in [1.165, 1.54) is 0 Å². The van der Waals surface area contributed by atoms with E-state index in [2.05, 4.69) is 0 Å². The van der Waals surface area contributed by atoms with E-state index < -0.39 is 5.97 Å². The Morgan fingerprint density at radius 1 is 1.67 bits per heavy atom. The molecule has 3 nitrogen and oxygen atoms in total. The molecule has 3 heteroatoms. The van der Waals surface area contributed by atoms with Crippen molar-refractivity contribution < 1.29 is 15.0 Å². The van der Waals surface area contributed by atoms with Gasteiger partial charge in [0.25, 0.3) is 0 Å². The highest BCUT2D eigenvalue weighted by molar-refractivity contribution is 5.66. The molecule has 2 N–H and O–H groups in total. The lowest BCUT2D eigenvalue weighted by Gasteiger charge is -2.05. The monoisotopic (exact) mass is 132 g/mol. The molecule has 1 unspecified atom stereocenters. The Balaban J connectivity index is 3.43. The van der Waals surface area contributed by atoms with Crippen molar-refractivity contribution in [3.05, 3.63) is 0 Å². The van der Waals surface area contributed by atoms with Crippen LogP contribution in [-0.2, 0) is 4.79 Å². The number of rotatable bonds is 4. The van der Waals surface area contributed by atoms with Crippen molar-refractivity contribution in [2.24, 2.45) is 5.92 Å². The average Bonchev–Trinajstić information content (AvgIpc) is 1.82. The Morgan fingerprint density at radius 3 is 2.33 bits per heavy atom. The van der Waals surface area contributed by atoms with Crippen LogP contribution in [0.1, 0.15) is 19.8 Å². The summed E-state index contributed by atoms with van der Waals surface area (Å²) in [5.74, 6) is -0.904. The molecule has 0 aliphatic heterocycles. The second-order valence-electron chi connectivity index (χ2n) is 2.05. The normalized spacial score (nSPS) is 13.1. The molecule has 0 bridgehead atoms. The van der Waals surface area contributed by atoms with Crippen molar-refractivity contribution in [1.82, 2.24) is 0 Å². The minimum absolute atomic E-state index is 0.0250. The number of hydrogen-bond acceptors (Lipinski definition) is 2. The Morgan fingerprint density at radius 2 is 2.22 bits per heavy atom. The van der Waals surface area contributed by atoms with Gasteiger partial charge in [-0.2, -0.15) is 0 Å². The zero-order valence-electron chi connectivity index (χ0n) is 5.50. The molecule has 0 heterocycles. The van der Waals surface area contributed by atoms with Crippen molar-refractivity contribution in [3.63, 3.8) is 0 Å². The van der Waals surface area contributed by atoms with E-state index in [1.54, 1.807) is 0 Å². The largest absolute Gasteiger partial charge is 0.481 e. The molecule has 9 heavy (non-hydrogen) atoms. The van der Waals surface area contributed by atoms with E-state index in [0.717, 1.165) is 6.42 Å². The first kappa shape index (κ1) is 8.43. The second kappa shape index (κ2) is 4.32. The van der Waals surface area contributed by atoms with Gasteiger partial charge in [-0.25, -0.2) is 0 Å². The predicted octanol–water partition coefficient (Wildman–Crippen LogP) is 0.480. The summed E-state index contributed by atoms with van der Waals surface area (Å²) in [7, 11) is 0. The molecule has 0 aliphatic rings. The lowest BCUT2D eigenvalue weighted by atomic mass is 10.0. The number of carboxylic acids is 1. The van der Waals surface area contributed by atoms with Gasteiger partial charge in [-0.3, -0.25) is 4.79 Å². The first-order valence-electron chi connectivity index (χ1n) is 3.03. The van der Waals surface area contributed by atoms with Gasteiger partial charge >= 0.3 is 5.97 Å². The smallest absolute Gasteiger partial charge is 0.303 e. The van der Waals surface area contributed by atoms with Crippen molar-refractivity contribution in [3.8, 4) is 0 Å². The van der Waals surface area contributed by atoms with Crippen LogP contribution in [0.5, 0.6) is 0 Å². The molecule has 0 saturated heterocycles. The van der Waals surface area contributed by atoms with Gasteiger partial charge in [0.2, 0.25) is 0 Å². The van der Waals surface area contributed by atoms with Crippen LogP contribution >= 0.6 is 0 Å². The van der Waals surface area contributed by atoms with E-state index in [4.69, 9.17) is 10.2 Å². The highest BCUT2D eigenvalue weighted by atomic mass is 16.4. The summed E-state index contributed by atoms with van der Waals surface area (Å²) in [6.07, 6.45) is 0.801. The van der Waals surface area contributed by atoms with Crippen LogP contribution in [0.4, 0.5) is 0 Å². The van der Waals surface area contributed by atoms with E-state index in [-0.39, 0.29) is 18.9 Å². The third-order valence-corrected chi connectivity index (χ3v) is 1.30. The summed E-state index contributed by atoms with van der Waals surface area (Å²) < 4.78 is 0. The Kier molecular flexibility index (Phi) is 4.05. The van der Waals surface area contributed by atoms with Crippen molar-refractivity contribution >= 4 is 5.97 Å².